The average molecular weight is 564 g/mol. The first-order valence-corrected chi connectivity index (χ1v) is 13.0. The summed E-state index contributed by atoms with van der Waals surface area (Å²) in [6, 6.07) is 7.48. The second-order valence-corrected chi connectivity index (χ2v) is 10.3. The molecule has 3 heterocycles. The van der Waals surface area contributed by atoms with Crippen LogP contribution in [-0.2, 0) is 27.1 Å². The van der Waals surface area contributed by atoms with Crippen LogP contribution < -0.4 is 4.90 Å². The van der Waals surface area contributed by atoms with Crippen LogP contribution >= 0.6 is 0 Å². The van der Waals surface area contributed by atoms with Crippen LogP contribution in [0.4, 0.5) is 28.0 Å². The van der Waals surface area contributed by atoms with Crippen LogP contribution in [0.15, 0.2) is 36.4 Å². The van der Waals surface area contributed by atoms with Gasteiger partial charge in [0.15, 0.2) is 0 Å². The summed E-state index contributed by atoms with van der Waals surface area (Å²) in [5.41, 5.74) is 2.39. The molecule has 0 spiro atoms. The molecule has 8 nitrogen and oxygen atoms in total. The lowest BCUT2D eigenvalue weighted by Gasteiger charge is -2.34. The average Bonchev–Trinajstić information content (AvgIpc) is 3.29. The molecule has 3 atom stereocenters. The van der Waals surface area contributed by atoms with Gasteiger partial charge in [0, 0.05) is 30.0 Å². The van der Waals surface area contributed by atoms with Gasteiger partial charge in [0.05, 0.1) is 42.4 Å². The van der Waals surface area contributed by atoms with Crippen molar-refractivity contribution in [3.63, 3.8) is 0 Å². The summed E-state index contributed by atoms with van der Waals surface area (Å²) in [6.45, 7) is 1.17. The molecule has 2 aliphatic heterocycles. The zero-order valence-electron chi connectivity index (χ0n) is 21.9. The largest absolute Gasteiger partial charge is 0.481 e. The third-order valence-corrected chi connectivity index (χ3v) is 7.70. The Morgan fingerprint density at radius 3 is 2.50 bits per heavy atom. The van der Waals surface area contributed by atoms with Gasteiger partial charge < -0.3 is 19.1 Å². The first-order chi connectivity index (χ1) is 19.0. The minimum atomic E-state index is -3.08. The van der Waals surface area contributed by atoms with Crippen LogP contribution in [0, 0.1) is 0 Å². The highest BCUT2D eigenvalue weighted by atomic mass is 19.3. The van der Waals surface area contributed by atoms with Crippen LogP contribution in [0.2, 0.25) is 0 Å². The summed E-state index contributed by atoms with van der Waals surface area (Å²) in [5.74, 6) is -5.21. The van der Waals surface area contributed by atoms with Gasteiger partial charge in [-0.15, -0.1) is 0 Å². The summed E-state index contributed by atoms with van der Waals surface area (Å²) in [5, 5.41) is 10.1. The number of hydrogen-bond donors (Lipinski definition) is 1. The molecule has 3 aromatic rings. The van der Waals surface area contributed by atoms with Gasteiger partial charge in [-0.25, -0.2) is 27.3 Å². The van der Waals surface area contributed by atoms with Crippen molar-refractivity contribution in [2.75, 3.05) is 25.2 Å². The number of methoxy groups -OCH3 is 1. The number of ether oxygens (including phenoxy) is 2. The molecular formula is C28H29F4N3O5. The number of aliphatic carboxylic acids is 1. The van der Waals surface area contributed by atoms with Crippen molar-refractivity contribution in [1.82, 2.24) is 9.55 Å². The predicted molar refractivity (Wildman–Crippen MR) is 137 cm³/mol. The number of alkyl halides is 4. The topological polar surface area (TPSA) is 93.9 Å². The Labute approximate surface area is 227 Å². The number of hydrogen-bond acceptors (Lipinski definition) is 5. The van der Waals surface area contributed by atoms with Crippen molar-refractivity contribution in [3.05, 3.63) is 58.9 Å². The van der Waals surface area contributed by atoms with Crippen molar-refractivity contribution in [2.24, 2.45) is 0 Å². The third kappa shape index (κ3) is 5.12. The number of nitrogens with zero attached hydrogens (tertiary/aromatic N) is 3. The molecule has 5 rings (SSSR count). The van der Waals surface area contributed by atoms with Crippen molar-refractivity contribution in [3.8, 4) is 0 Å². The number of benzene rings is 2. The van der Waals surface area contributed by atoms with E-state index < -0.39 is 49.4 Å². The molecule has 12 heteroatoms. The number of halogens is 4. The van der Waals surface area contributed by atoms with E-state index in [2.05, 4.69) is 0 Å². The zero-order chi connectivity index (χ0) is 28.8. The zero-order valence-corrected chi connectivity index (χ0v) is 21.9. The fourth-order valence-electron chi connectivity index (χ4n) is 5.75. The standard InChI is InChI=1S/C28H29F4N3O5/c1-15-3-8-19-21(34(15)27(38)39-2)9-10-22-24(19)33-23(35(22)18-12-28(31,32)14-40-13-18)11-20(26(36)37)16-4-6-17(7-5-16)25(29)30/h4-7,9-10,15,18,20,25H,3,8,11-14H2,1-2H3,(H,36,37)/t15-,18?,20?/m0/s1. The van der Waals surface area contributed by atoms with Crippen molar-refractivity contribution < 1.29 is 41.7 Å². The number of rotatable bonds is 6. The summed E-state index contributed by atoms with van der Waals surface area (Å²) in [7, 11) is 1.29. The Morgan fingerprint density at radius 1 is 1.18 bits per heavy atom. The van der Waals surface area contributed by atoms with Crippen molar-refractivity contribution >= 4 is 28.8 Å². The number of anilines is 1. The number of aryl methyl sites for hydroxylation is 1. The number of fused-ring (bicyclic) bond motifs is 3. The van der Waals surface area contributed by atoms with E-state index in [0.717, 1.165) is 5.56 Å². The van der Waals surface area contributed by atoms with E-state index in [9.17, 15) is 32.3 Å². The summed E-state index contributed by atoms with van der Waals surface area (Å²) in [4.78, 5) is 31.3. The maximum Gasteiger partial charge on any atom is 0.414 e. The molecule has 2 unspecified atom stereocenters. The van der Waals surface area contributed by atoms with Crippen LogP contribution in [0.25, 0.3) is 11.0 Å². The molecule has 1 saturated heterocycles. The fourth-order valence-corrected chi connectivity index (χ4v) is 5.75. The molecule has 214 valence electrons. The van der Waals surface area contributed by atoms with Crippen LogP contribution in [0.5, 0.6) is 0 Å². The van der Waals surface area contributed by atoms with Gasteiger partial charge in [0.1, 0.15) is 12.4 Å². The van der Waals surface area contributed by atoms with Crippen LogP contribution in [0.1, 0.15) is 60.7 Å². The first kappa shape index (κ1) is 27.9. The quantitative estimate of drug-likeness (QED) is 0.376. The molecule has 40 heavy (non-hydrogen) atoms. The summed E-state index contributed by atoms with van der Waals surface area (Å²) < 4.78 is 66.9. The fraction of sp³-hybridized carbons (Fsp3) is 0.464. The maximum atomic E-state index is 14.5. The van der Waals surface area contributed by atoms with E-state index in [0.29, 0.717) is 29.6 Å². The number of aromatic nitrogens is 2. The lowest BCUT2D eigenvalue weighted by atomic mass is 9.94. The molecule has 1 fully saturated rings. The number of carbonyl (C=O) groups is 2. The van der Waals surface area contributed by atoms with E-state index in [1.165, 1.54) is 36.3 Å². The van der Waals surface area contributed by atoms with Gasteiger partial charge in [-0.05, 0) is 37.5 Å². The lowest BCUT2D eigenvalue weighted by Crippen LogP contribution is -2.42. The van der Waals surface area contributed by atoms with E-state index in [1.54, 1.807) is 16.7 Å². The van der Waals surface area contributed by atoms with Gasteiger partial charge in [0.25, 0.3) is 12.3 Å². The number of amides is 1. The Hall–Kier alpha value is -3.67. The first-order valence-electron chi connectivity index (χ1n) is 13.0. The van der Waals surface area contributed by atoms with E-state index >= 15 is 0 Å². The number of carboxylic acid groups (broad SMARTS) is 1. The summed E-state index contributed by atoms with van der Waals surface area (Å²) in [6.07, 6.45) is -2.76. The molecule has 2 aliphatic rings. The van der Waals surface area contributed by atoms with Gasteiger partial charge in [-0.3, -0.25) is 9.69 Å². The van der Waals surface area contributed by atoms with Crippen molar-refractivity contribution in [1.29, 1.82) is 0 Å². The highest BCUT2D eigenvalue weighted by Crippen LogP contribution is 2.40. The smallest absolute Gasteiger partial charge is 0.414 e. The Balaban J connectivity index is 1.64. The minimum Gasteiger partial charge on any atom is -0.481 e. The molecule has 1 aromatic heterocycles. The van der Waals surface area contributed by atoms with E-state index in [-0.39, 0.29) is 36.0 Å². The molecule has 1 N–H and O–H groups in total. The highest BCUT2D eigenvalue weighted by Gasteiger charge is 2.40. The second-order valence-electron chi connectivity index (χ2n) is 10.3. The van der Waals surface area contributed by atoms with Gasteiger partial charge >= 0.3 is 12.1 Å². The third-order valence-electron chi connectivity index (χ3n) is 7.70. The van der Waals surface area contributed by atoms with Gasteiger partial charge in [0.2, 0.25) is 0 Å². The maximum absolute atomic E-state index is 14.5. The molecule has 0 bridgehead atoms. The molecule has 0 radical (unpaired) electrons. The Morgan fingerprint density at radius 2 is 1.88 bits per heavy atom. The monoisotopic (exact) mass is 563 g/mol. The number of imidazole rings is 1. The minimum absolute atomic E-state index is 0.0166. The van der Waals surface area contributed by atoms with Crippen LogP contribution in [0.3, 0.4) is 0 Å². The second kappa shape index (κ2) is 10.7. The van der Waals surface area contributed by atoms with E-state index in [1.807, 2.05) is 6.92 Å². The SMILES string of the molecule is COC(=O)N1c2ccc3c(nc(CC(C(=O)O)c4ccc(C(F)F)cc4)n3C3COCC(F)(F)C3)c2CC[C@@H]1C. The number of carbonyl (C=O) groups excluding carboxylic acids is 1. The van der Waals surface area contributed by atoms with Crippen LogP contribution in [-0.4, -0.2) is 59.0 Å². The number of carboxylic acids is 1. The summed E-state index contributed by atoms with van der Waals surface area (Å²) >= 11 is 0. The van der Waals surface area contributed by atoms with Gasteiger partial charge in [-0.1, -0.05) is 24.3 Å². The Kier molecular flexibility index (Phi) is 7.47. The molecule has 2 aromatic carbocycles. The Bertz CT molecular complexity index is 1430. The highest BCUT2D eigenvalue weighted by molar-refractivity contribution is 5.95. The predicted octanol–water partition coefficient (Wildman–Crippen LogP) is 5.89. The normalized spacial score (nSPS) is 21.3. The van der Waals surface area contributed by atoms with E-state index in [4.69, 9.17) is 14.5 Å². The molecular weight excluding hydrogens is 534 g/mol. The lowest BCUT2D eigenvalue weighted by molar-refractivity contribution is -0.139. The van der Waals surface area contributed by atoms with Crippen molar-refractivity contribution in [2.45, 2.75) is 63.0 Å². The molecule has 0 aliphatic carbocycles. The molecule has 1 amide bonds. The molecule has 0 saturated carbocycles. The van der Waals surface area contributed by atoms with Gasteiger partial charge in [-0.2, -0.15) is 0 Å².